The van der Waals surface area contributed by atoms with Gasteiger partial charge in [0.2, 0.25) is 6.10 Å². The maximum Gasteiger partial charge on any atom is 0.352 e. The second-order valence-electron chi connectivity index (χ2n) is 5.44. The third-order valence-corrected chi connectivity index (χ3v) is 2.25. The Morgan fingerprint density at radius 1 is 1.21 bits per heavy atom. The monoisotopic (exact) mass is 264 g/mol. The Bertz CT molecular complexity index is 471. The van der Waals surface area contributed by atoms with E-state index < -0.39 is 23.6 Å². The van der Waals surface area contributed by atoms with Crippen LogP contribution in [0.1, 0.15) is 44.9 Å². The molecule has 0 fully saturated rings. The van der Waals surface area contributed by atoms with Gasteiger partial charge in [0.25, 0.3) is 0 Å². The molecule has 104 valence electrons. The van der Waals surface area contributed by atoms with E-state index in [1.807, 2.05) is 19.1 Å². The van der Waals surface area contributed by atoms with Crippen LogP contribution in [-0.2, 0) is 19.1 Å². The lowest BCUT2D eigenvalue weighted by atomic mass is 10.1. The number of esters is 2. The Labute approximate surface area is 113 Å². The predicted octanol–water partition coefficient (Wildman–Crippen LogP) is 2.94. The van der Waals surface area contributed by atoms with Gasteiger partial charge in [0.05, 0.1) is 0 Å². The first-order valence-corrected chi connectivity index (χ1v) is 6.16. The van der Waals surface area contributed by atoms with Crippen molar-refractivity contribution in [3.05, 3.63) is 35.4 Å². The molecule has 0 N–H and O–H groups in total. The summed E-state index contributed by atoms with van der Waals surface area (Å²) in [6.07, 6.45) is -1.02. The van der Waals surface area contributed by atoms with Crippen molar-refractivity contribution in [3.63, 3.8) is 0 Å². The third kappa shape index (κ3) is 5.12. The van der Waals surface area contributed by atoms with Crippen LogP contribution in [-0.4, -0.2) is 17.5 Å². The maximum absolute atomic E-state index is 12.1. The van der Waals surface area contributed by atoms with Crippen LogP contribution in [0.4, 0.5) is 0 Å². The fourth-order valence-electron chi connectivity index (χ4n) is 1.61. The van der Waals surface area contributed by atoms with Crippen LogP contribution < -0.4 is 0 Å². The predicted molar refractivity (Wildman–Crippen MR) is 71.5 cm³/mol. The summed E-state index contributed by atoms with van der Waals surface area (Å²) in [5, 5.41) is 0. The first-order valence-electron chi connectivity index (χ1n) is 6.16. The van der Waals surface area contributed by atoms with Crippen molar-refractivity contribution in [2.24, 2.45) is 0 Å². The molecule has 0 radical (unpaired) electrons. The zero-order chi connectivity index (χ0) is 14.6. The largest absolute Gasteiger partial charge is 0.457 e. The Morgan fingerprint density at radius 2 is 1.84 bits per heavy atom. The van der Waals surface area contributed by atoms with Gasteiger partial charge in [-0.15, -0.1) is 0 Å². The molecular formula is C15H20O4. The number of aryl methyl sites for hydroxylation is 1. The standard InChI is InChI=1S/C15H20O4/c1-10-7-6-8-12(9-10)13(18-11(2)16)14(17)19-15(3,4)5/h6-9,13H,1-5H3. The number of ether oxygens (including phenoxy) is 2. The van der Waals surface area contributed by atoms with E-state index in [2.05, 4.69) is 0 Å². The average Bonchev–Trinajstić information content (AvgIpc) is 2.23. The second-order valence-corrected chi connectivity index (χ2v) is 5.44. The molecule has 19 heavy (non-hydrogen) atoms. The Balaban J connectivity index is 3.01. The average molecular weight is 264 g/mol. The molecule has 1 atom stereocenters. The number of benzene rings is 1. The van der Waals surface area contributed by atoms with Gasteiger partial charge in [-0.25, -0.2) is 4.79 Å². The number of hydrogen-bond acceptors (Lipinski definition) is 4. The molecule has 0 bridgehead atoms. The number of rotatable bonds is 3. The topological polar surface area (TPSA) is 52.6 Å². The molecule has 0 saturated carbocycles. The summed E-state index contributed by atoms with van der Waals surface area (Å²) in [4.78, 5) is 23.3. The zero-order valence-corrected chi connectivity index (χ0v) is 12.0. The smallest absolute Gasteiger partial charge is 0.352 e. The molecule has 1 aromatic rings. The van der Waals surface area contributed by atoms with Crippen LogP contribution in [0.5, 0.6) is 0 Å². The van der Waals surface area contributed by atoms with E-state index in [4.69, 9.17) is 9.47 Å². The molecule has 0 amide bonds. The highest BCUT2D eigenvalue weighted by molar-refractivity contribution is 5.80. The molecule has 0 saturated heterocycles. The van der Waals surface area contributed by atoms with Gasteiger partial charge >= 0.3 is 11.9 Å². The van der Waals surface area contributed by atoms with E-state index in [9.17, 15) is 9.59 Å². The molecular weight excluding hydrogens is 244 g/mol. The first-order chi connectivity index (χ1) is 8.69. The summed E-state index contributed by atoms with van der Waals surface area (Å²) in [5.41, 5.74) is 0.974. The summed E-state index contributed by atoms with van der Waals surface area (Å²) < 4.78 is 10.4. The van der Waals surface area contributed by atoms with Gasteiger partial charge in [0, 0.05) is 12.5 Å². The summed E-state index contributed by atoms with van der Waals surface area (Å²) in [5.74, 6) is -1.08. The molecule has 0 aliphatic rings. The molecule has 0 heterocycles. The molecule has 0 aliphatic carbocycles. The van der Waals surface area contributed by atoms with Gasteiger partial charge in [0.1, 0.15) is 5.60 Å². The Morgan fingerprint density at radius 3 is 2.32 bits per heavy atom. The van der Waals surface area contributed by atoms with Crippen molar-refractivity contribution in [2.45, 2.75) is 46.3 Å². The molecule has 4 heteroatoms. The van der Waals surface area contributed by atoms with E-state index in [0.717, 1.165) is 5.56 Å². The van der Waals surface area contributed by atoms with Crippen LogP contribution in [0.2, 0.25) is 0 Å². The SMILES string of the molecule is CC(=O)OC(C(=O)OC(C)(C)C)c1cccc(C)c1. The van der Waals surface area contributed by atoms with E-state index in [1.54, 1.807) is 32.9 Å². The molecule has 4 nitrogen and oxygen atoms in total. The lowest BCUT2D eigenvalue weighted by molar-refractivity contribution is -0.175. The first kappa shape index (κ1) is 15.2. The summed E-state index contributed by atoms with van der Waals surface area (Å²) in [6, 6.07) is 7.26. The van der Waals surface area contributed by atoms with E-state index in [-0.39, 0.29) is 0 Å². The van der Waals surface area contributed by atoms with Crippen molar-refractivity contribution < 1.29 is 19.1 Å². The van der Waals surface area contributed by atoms with Crippen molar-refractivity contribution in [1.82, 2.24) is 0 Å². The minimum Gasteiger partial charge on any atom is -0.457 e. The maximum atomic E-state index is 12.1. The Hall–Kier alpha value is -1.84. The number of carbonyl (C=O) groups is 2. The van der Waals surface area contributed by atoms with E-state index >= 15 is 0 Å². The van der Waals surface area contributed by atoms with Gasteiger partial charge in [-0.3, -0.25) is 4.79 Å². The zero-order valence-electron chi connectivity index (χ0n) is 12.0. The molecule has 0 aliphatic heterocycles. The fourth-order valence-corrected chi connectivity index (χ4v) is 1.61. The van der Waals surface area contributed by atoms with Gasteiger partial charge in [-0.05, 0) is 27.7 Å². The highest BCUT2D eigenvalue weighted by Gasteiger charge is 2.29. The molecule has 0 spiro atoms. The second kappa shape index (κ2) is 5.87. The van der Waals surface area contributed by atoms with Gasteiger partial charge < -0.3 is 9.47 Å². The van der Waals surface area contributed by atoms with Gasteiger partial charge in [0.15, 0.2) is 0 Å². The molecule has 1 rings (SSSR count). The van der Waals surface area contributed by atoms with Crippen LogP contribution in [0, 0.1) is 6.92 Å². The number of hydrogen-bond donors (Lipinski definition) is 0. The minimum absolute atomic E-state index is 0.516. The van der Waals surface area contributed by atoms with Crippen molar-refractivity contribution in [1.29, 1.82) is 0 Å². The normalized spacial score (nSPS) is 12.7. The summed E-state index contributed by atoms with van der Waals surface area (Å²) >= 11 is 0. The minimum atomic E-state index is -1.02. The summed E-state index contributed by atoms with van der Waals surface area (Å²) in [6.45, 7) is 8.49. The van der Waals surface area contributed by atoms with Crippen molar-refractivity contribution in [2.75, 3.05) is 0 Å². The lowest BCUT2D eigenvalue weighted by Gasteiger charge is -2.24. The lowest BCUT2D eigenvalue weighted by Crippen LogP contribution is -2.29. The third-order valence-electron chi connectivity index (χ3n) is 2.25. The van der Waals surface area contributed by atoms with Crippen LogP contribution >= 0.6 is 0 Å². The van der Waals surface area contributed by atoms with Crippen molar-refractivity contribution >= 4 is 11.9 Å². The highest BCUT2D eigenvalue weighted by atomic mass is 16.6. The van der Waals surface area contributed by atoms with Crippen LogP contribution in [0.3, 0.4) is 0 Å². The van der Waals surface area contributed by atoms with E-state index in [0.29, 0.717) is 5.56 Å². The van der Waals surface area contributed by atoms with Crippen LogP contribution in [0.15, 0.2) is 24.3 Å². The number of carbonyl (C=O) groups excluding carboxylic acids is 2. The highest BCUT2D eigenvalue weighted by Crippen LogP contribution is 2.23. The van der Waals surface area contributed by atoms with Crippen LogP contribution in [0.25, 0.3) is 0 Å². The summed E-state index contributed by atoms with van der Waals surface area (Å²) in [7, 11) is 0. The van der Waals surface area contributed by atoms with Crippen molar-refractivity contribution in [3.8, 4) is 0 Å². The Kier molecular flexibility index (Phi) is 4.70. The fraction of sp³-hybridized carbons (Fsp3) is 0.467. The van der Waals surface area contributed by atoms with Gasteiger partial charge in [-0.1, -0.05) is 29.8 Å². The molecule has 1 aromatic carbocycles. The van der Waals surface area contributed by atoms with Gasteiger partial charge in [-0.2, -0.15) is 0 Å². The molecule has 0 aromatic heterocycles. The quantitative estimate of drug-likeness (QED) is 0.788. The molecule has 1 unspecified atom stereocenters. The van der Waals surface area contributed by atoms with E-state index in [1.165, 1.54) is 6.92 Å².